The molecule has 1 aromatic carbocycles. The van der Waals surface area contributed by atoms with E-state index in [4.69, 9.17) is 31.3 Å². The van der Waals surface area contributed by atoms with E-state index < -0.39 is 0 Å². The lowest BCUT2D eigenvalue weighted by Gasteiger charge is -2.17. The maximum Gasteiger partial charge on any atom is 0.170 e. The molecule has 0 unspecified atom stereocenters. The molecule has 0 saturated heterocycles. The summed E-state index contributed by atoms with van der Waals surface area (Å²) in [5.41, 5.74) is 6.25. The fourth-order valence-corrected chi connectivity index (χ4v) is 2.82. The lowest BCUT2D eigenvalue weighted by Crippen LogP contribution is -2.11. The number of ether oxygens (including phenoxy) is 2. The highest BCUT2D eigenvalue weighted by Gasteiger charge is 2.20. The number of nitrogens with zero attached hydrogens (tertiary/aromatic N) is 1. The van der Waals surface area contributed by atoms with Gasteiger partial charge in [-0.3, -0.25) is 0 Å². The van der Waals surface area contributed by atoms with Crippen molar-refractivity contribution in [1.82, 2.24) is 5.16 Å². The first-order valence-electron chi connectivity index (χ1n) is 6.94. The minimum atomic E-state index is 0.238. The molecule has 2 N–H and O–H groups in total. The Morgan fingerprint density at radius 2 is 2.00 bits per heavy atom. The predicted octanol–water partition coefficient (Wildman–Crippen LogP) is 3.91. The van der Waals surface area contributed by atoms with Gasteiger partial charge in [-0.1, -0.05) is 16.8 Å². The van der Waals surface area contributed by atoms with Gasteiger partial charge in [0, 0.05) is 17.7 Å². The van der Waals surface area contributed by atoms with E-state index in [-0.39, 0.29) is 6.10 Å². The van der Waals surface area contributed by atoms with Crippen LogP contribution in [0, 0.1) is 0 Å². The third-order valence-electron chi connectivity index (χ3n) is 3.64. The van der Waals surface area contributed by atoms with Crippen molar-refractivity contribution >= 4 is 17.4 Å². The van der Waals surface area contributed by atoms with Gasteiger partial charge in [-0.05, 0) is 31.7 Å². The van der Waals surface area contributed by atoms with Crippen LogP contribution in [0.2, 0.25) is 5.02 Å². The number of nitrogens with two attached hydrogens (primary N) is 1. The van der Waals surface area contributed by atoms with E-state index in [2.05, 4.69) is 5.16 Å². The van der Waals surface area contributed by atoms with E-state index >= 15 is 0 Å². The van der Waals surface area contributed by atoms with Crippen LogP contribution in [0.15, 0.2) is 22.7 Å². The molecule has 1 heterocycles. The van der Waals surface area contributed by atoms with Crippen LogP contribution in [0.5, 0.6) is 11.5 Å². The minimum Gasteiger partial charge on any atom is -0.493 e. The monoisotopic (exact) mass is 308 g/mol. The quantitative estimate of drug-likeness (QED) is 0.927. The Balaban J connectivity index is 1.93. The molecule has 0 spiro atoms. The number of rotatable bonds is 4. The molecular formula is C15H17ClN2O3. The molecule has 1 aliphatic carbocycles. The molecule has 21 heavy (non-hydrogen) atoms. The molecule has 1 aromatic heterocycles. The molecule has 2 aromatic rings. The number of benzene rings is 1. The standard InChI is InChI=1S/C15H17ClN2O3/c1-19-13-6-10(12-8-15(17)18-21-12)11(16)7-14(13)20-9-4-2-3-5-9/h6-9H,2-5H2,1H3,(H2,17,18). The first-order chi connectivity index (χ1) is 10.2. The van der Waals surface area contributed by atoms with Crippen molar-refractivity contribution in [3.05, 3.63) is 23.2 Å². The van der Waals surface area contributed by atoms with Gasteiger partial charge >= 0.3 is 0 Å². The molecule has 0 amide bonds. The van der Waals surface area contributed by atoms with Crippen LogP contribution >= 0.6 is 11.6 Å². The molecule has 6 heteroatoms. The summed E-state index contributed by atoms with van der Waals surface area (Å²) < 4.78 is 16.5. The van der Waals surface area contributed by atoms with E-state index in [1.807, 2.05) is 0 Å². The average Bonchev–Trinajstić information content (AvgIpc) is 3.11. The van der Waals surface area contributed by atoms with E-state index in [0.29, 0.717) is 33.7 Å². The Morgan fingerprint density at radius 3 is 2.62 bits per heavy atom. The Labute approximate surface area is 128 Å². The third-order valence-corrected chi connectivity index (χ3v) is 3.96. The summed E-state index contributed by atoms with van der Waals surface area (Å²) in [6.07, 6.45) is 4.79. The summed E-state index contributed by atoms with van der Waals surface area (Å²) in [5.74, 6) is 2.09. The number of aromatic nitrogens is 1. The van der Waals surface area contributed by atoms with Gasteiger partial charge < -0.3 is 19.7 Å². The zero-order valence-corrected chi connectivity index (χ0v) is 12.5. The molecule has 0 aliphatic heterocycles. The van der Waals surface area contributed by atoms with Crippen LogP contribution in [-0.4, -0.2) is 18.4 Å². The fraction of sp³-hybridized carbons (Fsp3) is 0.400. The Hall–Kier alpha value is -1.88. The fourth-order valence-electron chi connectivity index (χ4n) is 2.58. The second-order valence-electron chi connectivity index (χ2n) is 5.12. The molecule has 1 saturated carbocycles. The van der Waals surface area contributed by atoms with Gasteiger partial charge in [0.05, 0.1) is 18.2 Å². The number of nitrogen functional groups attached to an aromatic ring is 1. The topological polar surface area (TPSA) is 70.5 Å². The van der Waals surface area contributed by atoms with Crippen molar-refractivity contribution in [1.29, 1.82) is 0 Å². The van der Waals surface area contributed by atoms with E-state index in [0.717, 1.165) is 12.8 Å². The highest BCUT2D eigenvalue weighted by Crippen LogP contribution is 2.40. The molecule has 3 rings (SSSR count). The van der Waals surface area contributed by atoms with Crippen LogP contribution in [0.1, 0.15) is 25.7 Å². The third kappa shape index (κ3) is 2.93. The summed E-state index contributed by atoms with van der Waals surface area (Å²) >= 11 is 6.32. The number of hydrogen-bond acceptors (Lipinski definition) is 5. The first kappa shape index (κ1) is 14.1. The van der Waals surface area contributed by atoms with Gasteiger partial charge in [0.15, 0.2) is 23.1 Å². The van der Waals surface area contributed by atoms with E-state index in [9.17, 15) is 0 Å². The van der Waals surface area contributed by atoms with Gasteiger partial charge in [-0.2, -0.15) is 0 Å². The predicted molar refractivity (Wildman–Crippen MR) is 80.8 cm³/mol. The highest BCUT2D eigenvalue weighted by atomic mass is 35.5. The maximum atomic E-state index is 6.32. The maximum absolute atomic E-state index is 6.32. The van der Waals surface area contributed by atoms with E-state index in [1.54, 1.807) is 25.3 Å². The van der Waals surface area contributed by atoms with Crippen LogP contribution in [0.3, 0.4) is 0 Å². The molecule has 0 radical (unpaired) electrons. The van der Waals surface area contributed by atoms with Crippen LogP contribution in [-0.2, 0) is 0 Å². The minimum absolute atomic E-state index is 0.238. The number of methoxy groups -OCH3 is 1. The lowest BCUT2D eigenvalue weighted by molar-refractivity contribution is 0.201. The van der Waals surface area contributed by atoms with Gasteiger partial charge in [-0.25, -0.2) is 0 Å². The summed E-state index contributed by atoms with van der Waals surface area (Å²) in [6, 6.07) is 5.16. The lowest BCUT2D eigenvalue weighted by atomic mass is 10.1. The van der Waals surface area contributed by atoms with Crippen LogP contribution in [0.25, 0.3) is 11.3 Å². The van der Waals surface area contributed by atoms with E-state index in [1.165, 1.54) is 12.8 Å². The SMILES string of the molecule is COc1cc(-c2cc(N)no2)c(Cl)cc1OC1CCCC1. The normalized spacial score (nSPS) is 15.3. The van der Waals surface area contributed by atoms with Gasteiger partial charge in [0.2, 0.25) is 0 Å². The second kappa shape index (κ2) is 5.85. The van der Waals surface area contributed by atoms with Crippen LogP contribution in [0.4, 0.5) is 5.82 Å². The van der Waals surface area contributed by atoms with Crippen molar-refractivity contribution in [2.75, 3.05) is 12.8 Å². The summed E-state index contributed by atoms with van der Waals surface area (Å²) in [5, 5.41) is 4.18. The summed E-state index contributed by atoms with van der Waals surface area (Å²) in [6.45, 7) is 0. The van der Waals surface area contributed by atoms with Crippen molar-refractivity contribution in [2.45, 2.75) is 31.8 Å². The Kier molecular flexibility index (Phi) is 3.92. The molecular weight excluding hydrogens is 292 g/mol. The van der Waals surface area contributed by atoms with Gasteiger partial charge in [0.1, 0.15) is 0 Å². The zero-order valence-electron chi connectivity index (χ0n) is 11.8. The largest absolute Gasteiger partial charge is 0.493 e. The Morgan fingerprint density at radius 1 is 1.24 bits per heavy atom. The van der Waals surface area contributed by atoms with Crippen molar-refractivity contribution in [2.24, 2.45) is 0 Å². The molecule has 0 bridgehead atoms. The zero-order chi connectivity index (χ0) is 14.8. The molecule has 5 nitrogen and oxygen atoms in total. The van der Waals surface area contributed by atoms with Crippen LogP contribution < -0.4 is 15.2 Å². The summed E-state index contributed by atoms with van der Waals surface area (Å²) in [7, 11) is 1.60. The van der Waals surface area contributed by atoms with Crippen molar-refractivity contribution < 1.29 is 14.0 Å². The summed E-state index contributed by atoms with van der Waals surface area (Å²) in [4.78, 5) is 0. The van der Waals surface area contributed by atoms with Crippen molar-refractivity contribution in [3.63, 3.8) is 0 Å². The van der Waals surface area contributed by atoms with Gasteiger partial charge in [0.25, 0.3) is 0 Å². The Bertz CT molecular complexity index is 636. The van der Waals surface area contributed by atoms with Gasteiger partial charge in [-0.15, -0.1) is 0 Å². The smallest absolute Gasteiger partial charge is 0.170 e. The highest BCUT2D eigenvalue weighted by molar-refractivity contribution is 6.33. The molecule has 1 fully saturated rings. The molecule has 1 aliphatic rings. The number of anilines is 1. The number of halogens is 1. The van der Waals surface area contributed by atoms with Crippen molar-refractivity contribution in [3.8, 4) is 22.8 Å². The number of hydrogen-bond donors (Lipinski definition) is 1. The molecule has 112 valence electrons. The first-order valence-corrected chi connectivity index (χ1v) is 7.32. The average molecular weight is 309 g/mol. The second-order valence-corrected chi connectivity index (χ2v) is 5.53. The molecule has 0 atom stereocenters.